The van der Waals surface area contributed by atoms with Gasteiger partial charge in [-0.3, -0.25) is 9.36 Å². The van der Waals surface area contributed by atoms with Crippen LogP contribution in [0, 0.1) is 5.92 Å². The monoisotopic (exact) mass is 373 g/mol. The van der Waals surface area contributed by atoms with Crippen LogP contribution in [0.4, 0.5) is 5.69 Å². The molecule has 1 saturated carbocycles. The molecule has 1 aromatic carbocycles. The fourth-order valence-corrected chi connectivity index (χ4v) is 3.45. The molecule has 0 radical (unpaired) electrons. The molecule has 0 atom stereocenters. The molecule has 0 unspecified atom stereocenters. The Hall–Kier alpha value is -2.12. The van der Waals surface area contributed by atoms with Crippen molar-refractivity contribution < 1.29 is 9.47 Å². The number of morpholine rings is 1. The number of hydrogen-bond donors (Lipinski definition) is 1. The number of aromatic nitrogens is 2. The standard InChI is InChI=1S/C20H27N3O4/c1-20(2,27-12-14-3-4-14)13-23-18(24)16-11-15(22-7-9-26-10-8-22)5-6-17(16)21-19(23)25/h5-6,11,14H,3-4,7-10,12-13H2,1-2H3,(H,21,25). The Morgan fingerprint density at radius 2 is 1.96 bits per heavy atom. The van der Waals surface area contributed by atoms with Gasteiger partial charge >= 0.3 is 5.69 Å². The number of anilines is 1. The van der Waals surface area contributed by atoms with Crippen LogP contribution in [0.15, 0.2) is 27.8 Å². The molecule has 1 aromatic heterocycles. The first kappa shape index (κ1) is 18.3. The molecule has 4 rings (SSSR count). The lowest BCUT2D eigenvalue weighted by Crippen LogP contribution is -2.43. The second-order valence-electron chi connectivity index (χ2n) is 8.16. The van der Waals surface area contributed by atoms with Crippen molar-refractivity contribution in [1.29, 1.82) is 0 Å². The van der Waals surface area contributed by atoms with Crippen LogP contribution in [0.25, 0.3) is 10.9 Å². The normalized spacial score (nSPS) is 18.2. The molecule has 2 aliphatic rings. The molecule has 1 N–H and O–H groups in total. The molecule has 2 fully saturated rings. The summed E-state index contributed by atoms with van der Waals surface area (Å²) >= 11 is 0. The number of nitrogens with one attached hydrogen (secondary N) is 1. The van der Waals surface area contributed by atoms with E-state index in [0.29, 0.717) is 36.6 Å². The molecule has 0 amide bonds. The highest BCUT2D eigenvalue weighted by Crippen LogP contribution is 2.30. The summed E-state index contributed by atoms with van der Waals surface area (Å²) in [5.41, 5.74) is 0.303. The molecule has 0 bridgehead atoms. The summed E-state index contributed by atoms with van der Waals surface area (Å²) in [6.45, 7) is 7.72. The number of nitrogens with zero attached hydrogens (tertiary/aromatic N) is 2. The Kier molecular flexibility index (Phi) is 4.82. The van der Waals surface area contributed by atoms with Crippen molar-refractivity contribution in [2.45, 2.75) is 38.8 Å². The first-order valence-electron chi connectivity index (χ1n) is 9.66. The number of ether oxygens (including phenoxy) is 2. The van der Waals surface area contributed by atoms with Crippen LogP contribution in [0.2, 0.25) is 0 Å². The summed E-state index contributed by atoms with van der Waals surface area (Å²) in [7, 11) is 0. The number of rotatable bonds is 6. The lowest BCUT2D eigenvalue weighted by Gasteiger charge is -2.29. The molecule has 1 aliphatic heterocycles. The number of aromatic amines is 1. The van der Waals surface area contributed by atoms with E-state index < -0.39 is 11.3 Å². The van der Waals surface area contributed by atoms with Gasteiger partial charge in [-0.1, -0.05) is 0 Å². The van der Waals surface area contributed by atoms with E-state index in [0.717, 1.165) is 18.8 Å². The topological polar surface area (TPSA) is 76.6 Å². The maximum Gasteiger partial charge on any atom is 0.328 e. The molecule has 7 nitrogen and oxygen atoms in total. The van der Waals surface area contributed by atoms with E-state index in [9.17, 15) is 9.59 Å². The molecule has 2 aromatic rings. The summed E-state index contributed by atoms with van der Waals surface area (Å²) in [6.07, 6.45) is 2.41. The molecular weight excluding hydrogens is 346 g/mol. The zero-order chi connectivity index (χ0) is 19.0. The Bertz CT molecular complexity index is 936. The van der Waals surface area contributed by atoms with Crippen LogP contribution in [-0.4, -0.2) is 48.1 Å². The largest absolute Gasteiger partial charge is 0.378 e. The fourth-order valence-electron chi connectivity index (χ4n) is 3.45. The van der Waals surface area contributed by atoms with Crippen molar-refractivity contribution in [3.05, 3.63) is 39.0 Å². The zero-order valence-electron chi connectivity index (χ0n) is 16.0. The summed E-state index contributed by atoms with van der Waals surface area (Å²) in [5, 5.41) is 0.525. The van der Waals surface area contributed by atoms with Crippen LogP contribution < -0.4 is 16.1 Å². The molecule has 27 heavy (non-hydrogen) atoms. The lowest BCUT2D eigenvalue weighted by atomic mass is 10.1. The van der Waals surface area contributed by atoms with Crippen molar-refractivity contribution >= 4 is 16.6 Å². The first-order chi connectivity index (χ1) is 12.9. The summed E-state index contributed by atoms with van der Waals surface area (Å²) < 4.78 is 12.6. The predicted octanol–water partition coefficient (Wildman–Crippen LogP) is 1.73. The van der Waals surface area contributed by atoms with Crippen LogP contribution in [-0.2, 0) is 16.0 Å². The first-order valence-corrected chi connectivity index (χ1v) is 9.66. The number of fused-ring (bicyclic) bond motifs is 1. The quantitative estimate of drug-likeness (QED) is 0.835. The molecule has 2 heterocycles. The molecule has 0 spiro atoms. The minimum atomic E-state index is -0.574. The van der Waals surface area contributed by atoms with Crippen LogP contribution in [0.5, 0.6) is 0 Å². The second kappa shape index (κ2) is 7.13. The number of benzene rings is 1. The highest BCUT2D eigenvalue weighted by molar-refractivity contribution is 5.81. The summed E-state index contributed by atoms with van der Waals surface area (Å²) in [6, 6.07) is 5.62. The van der Waals surface area contributed by atoms with Crippen molar-refractivity contribution in [3.8, 4) is 0 Å². The average molecular weight is 373 g/mol. The molecule has 1 saturated heterocycles. The van der Waals surface area contributed by atoms with E-state index >= 15 is 0 Å². The van der Waals surface area contributed by atoms with Crippen LogP contribution >= 0.6 is 0 Å². The van der Waals surface area contributed by atoms with Crippen LogP contribution in [0.1, 0.15) is 26.7 Å². The van der Waals surface area contributed by atoms with E-state index in [1.54, 1.807) is 0 Å². The van der Waals surface area contributed by atoms with Gasteiger partial charge in [0.15, 0.2) is 0 Å². The number of H-pyrrole nitrogens is 1. The minimum absolute atomic E-state index is 0.228. The molecule has 7 heteroatoms. The lowest BCUT2D eigenvalue weighted by molar-refractivity contribution is -0.0359. The van der Waals surface area contributed by atoms with Gasteiger partial charge in [-0.2, -0.15) is 0 Å². The van der Waals surface area contributed by atoms with E-state index in [-0.39, 0.29) is 12.1 Å². The van der Waals surface area contributed by atoms with Gasteiger partial charge in [0.05, 0.1) is 42.9 Å². The maximum absolute atomic E-state index is 13.1. The maximum atomic E-state index is 13.1. The van der Waals surface area contributed by atoms with Crippen molar-refractivity contribution in [1.82, 2.24) is 9.55 Å². The Labute approximate surface area is 157 Å². The van der Waals surface area contributed by atoms with Gasteiger partial charge < -0.3 is 19.4 Å². The second-order valence-corrected chi connectivity index (χ2v) is 8.16. The number of hydrogen-bond acceptors (Lipinski definition) is 5. The van der Waals surface area contributed by atoms with E-state index in [2.05, 4.69) is 9.88 Å². The predicted molar refractivity (Wildman–Crippen MR) is 105 cm³/mol. The third-order valence-corrected chi connectivity index (χ3v) is 5.29. The Balaban J connectivity index is 1.65. The van der Waals surface area contributed by atoms with Gasteiger partial charge in [0.1, 0.15) is 0 Å². The smallest absolute Gasteiger partial charge is 0.328 e. The average Bonchev–Trinajstić information content (AvgIpc) is 3.49. The van der Waals surface area contributed by atoms with Crippen LogP contribution in [0.3, 0.4) is 0 Å². The zero-order valence-corrected chi connectivity index (χ0v) is 16.0. The van der Waals surface area contributed by atoms with Gasteiger partial charge in [0.25, 0.3) is 5.56 Å². The molecule has 1 aliphatic carbocycles. The Morgan fingerprint density at radius 3 is 2.67 bits per heavy atom. The molecular formula is C20H27N3O4. The minimum Gasteiger partial charge on any atom is -0.378 e. The SMILES string of the molecule is CC(C)(Cn1c(=O)[nH]c2ccc(N3CCOCC3)cc2c1=O)OCC1CC1. The fraction of sp³-hybridized carbons (Fsp3) is 0.600. The van der Waals surface area contributed by atoms with E-state index in [1.165, 1.54) is 17.4 Å². The van der Waals surface area contributed by atoms with Gasteiger partial charge in [-0.15, -0.1) is 0 Å². The third-order valence-electron chi connectivity index (χ3n) is 5.29. The van der Waals surface area contributed by atoms with E-state index in [1.807, 2.05) is 32.0 Å². The third kappa shape index (κ3) is 4.09. The van der Waals surface area contributed by atoms with Gasteiger partial charge in [0.2, 0.25) is 0 Å². The van der Waals surface area contributed by atoms with Crippen molar-refractivity contribution in [2.75, 3.05) is 37.8 Å². The highest BCUT2D eigenvalue weighted by atomic mass is 16.5. The van der Waals surface area contributed by atoms with Gasteiger partial charge in [0, 0.05) is 18.8 Å². The van der Waals surface area contributed by atoms with Gasteiger partial charge in [-0.25, -0.2) is 4.79 Å². The summed E-state index contributed by atoms with van der Waals surface area (Å²) in [4.78, 5) is 30.6. The van der Waals surface area contributed by atoms with Crippen molar-refractivity contribution in [3.63, 3.8) is 0 Å². The molecule has 146 valence electrons. The van der Waals surface area contributed by atoms with Gasteiger partial charge in [-0.05, 0) is 50.8 Å². The Morgan fingerprint density at radius 1 is 1.22 bits per heavy atom. The van der Waals surface area contributed by atoms with E-state index in [4.69, 9.17) is 9.47 Å². The highest BCUT2D eigenvalue weighted by Gasteiger charge is 2.28. The summed E-state index contributed by atoms with van der Waals surface area (Å²) in [5.74, 6) is 0.631. The van der Waals surface area contributed by atoms with Crippen molar-refractivity contribution in [2.24, 2.45) is 5.92 Å².